The van der Waals surface area contributed by atoms with Crippen molar-refractivity contribution in [2.75, 3.05) is 13.3 Å². The monoisotopic (exact) mass is 180 g/mol. The summed E-state index contributed by atoms with van der Waals surface area (Å²) >= 11 is 0. The predicted molar refractivity (Wildman–Crippen MR) is 54.6 cm³/mol. The molecule has 0 spiro atoms. The molecule has 1 aromatic carbocycles. The highest BCUT2D eigenvalue weighted by atomic mass is 31.2. The molecule has 11 heavy (non-hydrogen) atoms. The first-order valence-corrected chi connectivity index (χ1v) is 7.19. The van der Waals surface area contributed by atoms with Crippen molar-refractivity contribution in [3.63, 3.8) is 0 Å². The van der Waals surface area contributed by atoms with Crippen molar-refractivity contribution >= 4 is 26.5 Å². The molecule has 1 aliphatic heterocycles. The molecule has 1 aromatic rings. The van der Waals surface area contributed by atoms with E-state index in [0.717, 1.165) is 0 Å². The maximum absolute atomic E-state index is 3.61. The van der Waals surface area contributed by atoms with E-state index in [1.54, 1.807) is 10.6 Å². The highest BCUT2D eigenvalue weighted by Crippen LogP contribution is 2.55. The van der Waals surface area contributed by atoms with Gasteiger partial charge in [-0.2, -0.15) is 0 Å². The van der Waals surface area contributed by atoms with Crippen molar-refractivity contribution in [2.45, 2.75) is 0 Å². The Hall–Kier alpha value is 0.0800. The molecule has 2 radical (unpaired) electrons. The van der Waals surface area contributed by atoms with Crippen LogP contribution in [-0.2, 0) is 0 Å². The fourth-order valence-electron chi connectivity index (χ4n) is 1.36. The van der Waals surface area contributed by atoms with Crippen molar-refractivity contribution in [1.82, 2.24) is 0 Å². The summed E-state index contributed by atoms with van der Waals surface area (Å²) in [6.45, 7) is 4.58. The number of hydrogen-bond acceptors (Lipinski definition) is 0. The standard InChI is InChI=1S/C9H10P2/c1-10-7-11(2)9-6-4-3-5-8(9)10/h3-6H,1-2H3. The minimum Gasteiger partial charge on any atom is -0.0640 e. The van der Waals surface area contributed by atoms with Crippen LogP contribution < -0.4 is 10.6 Å². The van der Waals surface area contributed by atoms with Crippen LogP contribution in [0, 0.1) is 5.90 Å². The van der Waals surface area contributed by atoms with Gasteiger partial charge in [-0.3, -0.25) is 0 Å². The van der Waals surface area contributed by atoms with Gasteiger partial charge in [0, 0.05) is 5.90 Å². The number of rotatable bonds is 0. The number of benzene rings is 1. The van der Waals surface area contributed by atoms with Crippen LogP contribution in [0.15, 0.2) is 24.3 Å². The Morgan fingerprint density at radius 2 is 1.45 bits per heavy atom. The molecule has 0 N–H and O–H groups in total. The van der Waals surface area contributed by atoms with Gasteiger partial charge in [0.2, 0.25) is 0 Å². The van der Waals surface area contributed by atoms with Crippen LogP contribution in [0.25, 0.3) is 0 Å². The fourth-order valence-corrected chi connectivity index (χ4v) is 6.38. The molecule has 1 aliphatic rings. The molecular weight excluding hydrogens is 170 g/mol. The lowest BCUT2D eigenvalue weighted by molar-refractivity contribution is 1.83. The summed E-state index contributed by atoms with van der Waals surface area (Å²) in [4.78, 5) is 0. The molecule has 0 amide bonds. The smallest absolute Gasteiger partial charge is 0.0489 e. The van der Waals surface area contributed by atoms with Crippen LogP contribution in [0.5, 0.6) is 0 Å². The third-order valence-corrected chi connectivity index (χ3v) is 6.71. The molecule has 2 heteroatoms. The Labute approximate surface area is 70.5 Å². The highest BCUT2D eigenvalue weighted by Gasteiger charge is 2.24. The predicted octanol–water partition coefficient (Wildman–Crippen LogP) is 2.17. The maximum atomic E-state index is 3.61. The summed E-state index contributed by atoms with van der Waals surface area (Å²) in [5, 5.41) is 3.10. The molecule has 0 nitrogen and oxygen atoms in total. The molecule has 0 fully saturated rings. The quantitative estimate of drug-likeness (QED) is 0.537. The molecule has 0 saturated carbocycles. The zero-order valence-electron chi connectivity index (χ0n) is 6.70. The fraction of sp³-hybridized carbons (Fsp3) is 0.222. The summed E-state index contributed by atoms with van der Waals surface area (Å²) in [5.74, 6) is 3.61. The van der Waals surface area contributed by atoms with E-state index in [9.17, 15) is 0 Å². The van der Waals surface area contributed by atoms with Crippen LogP contribution in [0.3, 0.4) is 0 Å². The van der Waals surface area contributed by atoms with Crippen molar-refractivity contribution < 1.29 is 0 Å². The zero-order chi connectivity index (χ0) is 7.84. The van der Waals surface area contributed by atoms with Crippen LogP contribution in [0.2, 0.25) is 0 Å². The van der Waals surface area contributed by atoms with Gasteiger partial charge in [0.1, 0.15) is 0 Å². The average molecular weight is 180 g/mol. The van der Waals surface area contributed by atoms with Crippen LogP contribution >= 0.6 is 15.8 Å². The molecule has 0 bridgehead atoms. The maximum Gasteiger partial charge on any atom is 0.0489 e. The lowest BCUT2D eigenvalue weighted by Crippen LogP contribution is -2.13. The van der Waals surface area contributed by atoms with E-state index < -0.39 is 0 Å². The minimum atomic E-state index is -0.0414. The van der Waals surface area contributed by atoms with E-state index in [-0.39, 0.29) is 15.8 Å². The Kier molecular flexibility index (Phi) is 2.00. The molecule has 56 valence electrons. The molecule has 0 aliphatic carbocycles. The van der Waals surface area contributed by atoms with Crippen molar-refractivity contribution in [3.05, 3.63) is 30.2 Å². The molecule has 2 unspecified atom stereocenters. The molecule has 1 heterocycles. The lowest BCUT2D eigenvalue weighted by atomic mass is 10.4. The second-order valence-corrected chi connectivity index (χ2v) is 6.71. The summed E-state index contributed by atoms with van der Waals surface area (Å²) < 4.78 is 0. The average Bonchev–Trinajstić information content (AvgIpc) is 2.30. The topological polar surface area (TPSA) is 0 Å². The van der Waals surface area contributed by atoms with Gasteiger partial charge in [-0.1, -0.05) is 40.1 Å². The minimum absolute atomic E-state index is 0.0414. The van der Waals surface area contributed by atoms with Crippen LogP contribution in [0.1, 0.15) is 0 Å². The Morgan fingerprint density at radius 3 is 1.91 bits per heavy atom. The van der Waals surface area contributed by atoms with Crippen LogP contribution in [0.4, 0.5) is 0 Å². The second kappa shape index (κ2) is 2.85. The molecule has 2 rings (SSSR count). The van der Waals surface area contributed by atoms with Crippen molar-refractivity contribution in [2.24, 2.45) is 0 Å². The van der Waals surface area contributed by atoms with E-state index in [1.807, 2.05) is 0 Å². The van der Waals surface area contributed by atoms with E-state index in [2.05, 4.69) is 43.5 Å². The van der Waals surface area contributed by atoms with E-state index in [4.69, 9.17) is 0 Å². The molecule has 0 saturated heterocycles. The lowest BCUT2D eigenvalue weighted by Gasteiger charge is -2.01. The number of hydrogen-bond donors (Lipinski definition) is 0. The van der Waals surface area contributed by atoms with Gasteiger partial charge in [-0.05, 0) is 23.9 Å². The van der Waals surface area contributed by atoms with Gasteiger partial charge in [0.25, 0.3) is 0 Å². The first-order chi connectivity index (χ1) is 5.29. The van der Waals surface area contributed by atoms with Crippen LogP contribution in [-0.4, -0.2) is 13.3 Å². The third kappa shape index (κ3) is 1.24. The molecule has 2 atom stereocenters. The van der Waals surface area contributed by atoms with E-state index in [1.165, 1.54) is 0 Å². The Balaban J connectivity index is 2.52. The van der Waals surface area contributed by atoms with Gasteiger partial charge < -0.3 is 0 Å². The van der Waals surface area contributed by atoms with Gasteiger partial charge in [0.05, 0.1) is 0 Å². The third-order valence-electron chi connectivity index (χ3n) is 1.90. The van der Waals surface area contributed by atoms with Gasteiger partial charge in [-0.25, -0.2) is 0 Å². The largest absolute Gasteiger partial charge is 0.0640 e. The normalized spacial score (nSPS) is 28.5. The summed E-state index contributed by atoms with van der Waals surface area (Å²) in [7, 11) is -0.0828. The Morgan fingerprint density at radius 1 is 1.00 bits per heavy atom. The van der Waals surface area contributed by atoms with Gasteiger partial charge in [0.15, 0.2) is 0 Å². The summed E-state index contributed by atoms with van der Waals surface area (Å²) in [5.41, 5.74) is 0. The second-order valence-electron chi connectivity index (χ2n) is 2.71. The van der Waals surface area contributed by atoms with E-state index in [0.29, 0.717) is 0 Å². The zero-order valence-corrected chi connectivity index (χ0v) is 8.49. The summed E-state index contributed by atoms with van der Waals surface area (Å²) in [6.07, 6.45) is 0. The molecular formula is C9H10P2. The van der Waals surface area contributed by atoms with E-state index >= 15 is 0 Å². The van der Waals surface area contributed by atoms with Crippen molar-refractivity contribution in [1.29, 1.82) is 0 Å². The first kappa shape index (κ1) is 7.71. The molecule has 0 aromatic heterocycles. The highest BCUT2D eigenvalue weighted by molar-refractivity contribution is 7.89. The Bertz CT molecular complexity index is 243. The van der Waals surface area contributed by atoms with Gasteiger partial charge >= 0.3 is 0 Å². The first-order valence-electron chi connectivity index (χ1n) is 3.62. The van der Waals surface area contributed by atoms with Gasteiger partial charge in [-0.15, -0.1) is 0 Å². The van der Waals surface area contributed by atoms with Crippen molar-refractivity contribution in [3.8, 4) is 0 Å². The SMILES string of the molecule is CP1[C]P(C)c2ccccc21. The number of fused-ring (bicyclic) bond motifs is 1. The summed E-state index contributed by atoms with van der Waals surface area (Å²) in [6, 6.07) is 8.77.